The molecule has 158 valence electrons. The molecule has 0 radical (unpaired) electrons. The van der Waals surface area contributed by atoms with E-state index in [0.29, 0.717) is 35.8 Å². The van der Waals surface area contributed by atoms with Gasteiger partial charge in [0.2, 0.25) is 5.75 Å². The van der Waals surface area contributed by atoms with Crippen molar-refractivity contribution in [1.82, 2.24) is 4.90 Å². The third-order valence-electron chi connectivity index (χ3n) is 7.35. The topological polar surface area (TPSA) is 68.2 Å². The maximum Gasteiger partial charge on any atom is 0.260 e. The van der Waals surface area contributed by atoms with E-state index >= 15 is 0 Å². The van der Waals surface area contributed by atoms with Crippen LogP contribution in [-0.4, -0.2) is 43.8 Å². The van der Waals surface area contributed by atoms with Crippen molar-refractivity contribution < 1.29 is 24.1 Å². The van der Waals surface area contributed by atoms with E-state index in [-0.39, 0.29) is 11.8 Å². The number of carbonyl (C=O) groups excluding carboxylic acids is 1. The van der Waals surface area contributed by atoms with E-state index in [9.17, 15) is 9.90 Å². The average Bonchev–Trinajstić information content (AvgIpc) is 3.29. The molecule has 2 aromatic carbocycles. The van der Waals surface area contributed by atoms with Crippen molar-refractivity contribution in [3.63, 3.8) is 0 Å². The predicted octanol–water partition coefficient (Wildman–Crippen LogP) is 2.99. The van der Waals surface area contributed by atoms with Crippen molar-refractivity contribution in [2.24, 2.45) is 5.92 Å². The number of hydrogen-bond acceptors (Lipinski definition) is 5. The lowest BCUT2D eigenvalue weighted by molar-refractivity contribution is -0.147. The Morgan fingerprint density at radius 2 is 1.80 bits per heavy atom. The van der Waals surface area contributed by atoms with Gasteiger partial charge in [-0.15, -0.1) is 0 Å². The van der Waals surface area contributed by atoms with Crippen molar-refractivity contribution in [3.05, 3.63) is 53.1 Å². The van der Waals surface area contributed by atoms with Crippen LogP contribution in [0.1, 0.15) is 36.0 Å². The molecular weight excluding hydrogens is 382 g/mol. The van der Waals surface area contributed by atoms with Gasteiger partial charge in [-0.3, -0.25) is 4.79 Å². The van der Waals surface area contributed by atoms with Gasteiger partial charge >= 0.3 is 0 Å². The second-order valence-electron chi connectivity index (χ2n) is 8.39. The van der Waals surface area contributed by atoms with E-state index in [0.717, 1.165) is 30.4 Å². The highest BCUT2D eigenvalue weighted by atomic mass is 16.5. The molecule has 6 nitrogen and oxygen atoms in total. The maximum absolute atomic E-state index is 13.7. The maximum atomic E-state index is 13.7. The molecule has 2 aliphatic heterocycles. The first kappa shape index (κ1) is 19.2. The van der Waals surface area contributed by atoms with Gasteiger partial charge < -0.3 is 24.2 Å². The first-order valence-corrected chi connectivity index (χ1v) is 10.5. The first-order valence-electron chi connectivity index (χ1n) is 10.5. The zero-order valence-corrected chi connectivity index (χ0v) is 17.6. The molecule has 1 spiro atoms. The zero-order chi connectivity index (χ0) is 21.1. The van der Waals surface area contributed by atoms with Crippen LogP contribution in [0.25, 0.3) is 0 Å². The van der Waals surface area contributed by atoms with Gasteiger partial charge in [0.05, 0.1) is 26.9 Å². The number of ether oxygens (including phenoxy) is 3. The Morgan fingerprint density at radius 1 is 1.07 bits per heavy atom. The van der Waals surface area contributed by atoms with E-state index in [1.54, 1.807) is 21.3 Å². The summed E-state index contributed by atoms with van der Waals surface area (Å²) in [5.74, 6) is 1.29. The summed E-state index contributed by atoms with van der Waals surface area (Å²) in [6.07, 6.45) is 3.17. The Kier molecular flexibility index (Phi) is 4.26. The fourth-order valence-electron chi connectivity index (χ4n) is 6.27. The normalized spacial score (nSPS) is 29.3. The number of hydrogen-bond donors (Lipinski definition) is 1. The number of amides is 1. The molecule has 2 heterocycles. The smallest absolute Gasteiger partial charge is 0.260 e. The van der Waals surface area contributed by atoms with Gasteiger partial charge in [-0.2, -0.15) is 0 Å². The zero-order valence-electron chi connectivity index (χ0n) is 17.6. The summed E-state index contributed by atoms with van der Waals surface area (Å²) in [5, 5.41) is 12.0. The molecule has 0 aromatic heterocycles. The number of aliphatic hydroxyl groups is 1. The Morgan fingerprint density at radius 3 is 2.47 bits per heavy atom. The molecule has 3 atom stereocenters. The van der Waals surface area contributed by atoms with Crippen molar-refractivity contribution in [2.75, 3.05) is 27.9 Å². The molecule has 5 rings (SSSR count). The quantitative estimate of drug-likeness (QED) is 0.841. The molecule has 30 heavy (non-hydrogen) atoms. The van der Waals surface area contributed by atoms with E-state index in [4.69, 9.17) is 14.2 Å². The number of benzene rings is 2. The van der Waals surface area contributed by atoms with Crippen LogP contribution in [0.3, 0.4) is 0 Å². The minimum atomic E-state index is -1.54. The lowest BCUT2D eigenvalue weighted by Crippen LogP contribution is -2.49. The summed E-state index contributed by atoms with van der Waals surface area (Å²) in [4.78, 5) is 15.6. The van der Waals surface area contributed by atoms with E-state index < -0.39 is 11.1 Å². The van der Waals surface area contributed by atoms with E-state index in [1.807, 2.05) is 41.3 Å². The highest BCUT2D eigenvalue weighted by Crippen LogP contribution is 2.65. The molecule has 1 aliphatic carbocycles. The standard InChI is InChI=1S/C24H27NO5/c1-28-17-14-15-11-13-25-22(26)24(27,16-8-5-4-6-9-16)18-10-7-12-23(18,25)19(15)21(30-3)20(17)29-2/h4-6,8-9,14,18,27H,7,10-13H2,1-3H3/t18-,23+,24+/m0/s1. The van der Waals surface area contributed by atoms with Crippen molar-refractivity contribution in [3.8, 4) is 17.2 Å². The van der Waals surface area contributed by atoms with Crippen molar-refractivity contribution in [1.29, 1.82) is 0 Å². The third-order valence-corrected chi connectivity index (χ3v) is 7.35. The molecule has 1 N–H and O–H groups in total. The molecule has 6 heteroatoms. The Hall–Kier alpha value is -2.73. The minimum absolute atomic E-state index is 0.208. The number of nitrogens with zero attached hydrogens (tertiary/aromatic N) is 1. The molecular formula is C24H27NO5. The van der Waals surface area contributed by atoms with Gasteiger partial charge in [-0.25, -0.2) is 0 Å². The summed E-state index contributed by atoms with van der Waals surface area (Å²) in [5.41, 5.74) is 0.573. The summed E-state index contributed by atoms with van der Waals surface area (Å²) in [6.45, 7) is 0.566. The van der Waals surface area contributed by atoms with Gasteiger partial charge in [-0.05, 0) is 36.5 Å². The molecule has 2 aromatic rings. The average molecular weight is 409 g/mol. The van der Waals surface area contributed by atoms with Crippen molar-refractivity contribution in [2.45, 2.75) is 36.8 Å². The van der Waals surface area contributed by atoms with Crippen LogP contribution in [0.2, 0.25) is 0 Å². The fourth-order valence-corrected chi connectivity index (χ4v) is 6.27. The molecule has 1 amide bonds. The highest BCUT2D eigenvalue weighted by molar-refractivity contribution is 5.92. The number of carbonyl (C=O) groups is 1. The number of methoxy groups -OCH3 is 3. The monoisotopic (exact) mass is 409 g/mol. The van der Waals surface area contributed by atoms with Gasteiger partial charge in [0.25, 0.3) is 5.91 Å². The lowest BCUT2D eigenvalue weighted by Gasteiger charge is -2.45. The molecule has 1 saturated carbocycles. The Balaban J connectivity index is 1.79. The molecule has 1 saturated heterocycles. The van der Waals surface area contributed by atoms with Crippen LogP contribution in [-0.2, 0) is 22.4 Å². The Bertz CT molecular complexity index is 1010. The number of rotatable bonds is 4. The van der Waals surface area contributed by atoms with Crippen LogP contribution in [0.15, 0.2) is 36.4 Å². The third kappa shape index (κ3) is 2.15. The second-order valence-corrected chi connectivity index (χ2v) is 8.39. The Labute approximate surface area is 176 Å². The van der Waals surface area contributed by atoms with Crippen LogP contribution in [0.4, 0.5) is 0 Å². The molecule has 2 fully saturated rings. The summed E-state index contributed by atoms with van der Waals surface area (Å²) in [7, 11) is 4.83. The van der Waals surface area contributed by atoms with Crippen LogP contribution >= 0.6 is 0 Å². The molecule has 3 aliphatic rings. The summed E-state index contributed by atoms with van der Waals surface area (Å²) < 4.78 is 17.1. The fraction of sp³-hybridized carbons (Fsp3) is 0.458. The van der Waals surface area contributed by atoms with Gasteiger partial charge in [0.15, 0.2) is 17.1 Å². The molecule has 0 unspecified atom stereocenters. The summed E-state index contributed by atoms with van der Waals surface area (Å²) >= 11 is 0. The van der Waals surface area contributed by atoms with E-state index in [1.165, 1.54) is 0 Å². The van der Waals surface area contributed by atoms with Gasteiger partial charge in [0.1, 0.15) is 0 Å². The predicted molar refractivity (Wildman–Crippen MR) is 111 cm³/mol. The summed E-state index contributed by atoms with van der Waals surface area (Å²) in [6, 6.07) is 11.4. The second kappa shape index (κ2) is 6.64. The van der Waals surface area contributed by atoms with Crippen LogP contribution < -0.4 is 14.2 Å². The highest BCUT2D eigenvalue weighted by Gasteiger charge is 2.70. The van der Waals surface area contributed by atoms with Crippen molar-refractivity contribution >= 4 is 5.91 Å². The molecule has 0 bridgehead atoms. The SMILES string of the molecule is COc1cc2c(c(OC)c1OC)[C@@]13CCC[C@@H]1[C@](O)(c1ccccc1)C(=O)N3CC2. The van der Waals surface area contributed by atoms with Gasteiger partial charge in [0, 0.05) is 18.0 Å². The largest absolute Gasteiger partial charge is 0.493 e. The lowest BCUT2D eigenvalue weighted by atomic mass is 9.70. The number of fused-ring (bicyclic) bond motifs is 1. The minimum Gasteiger partial charge on any atom is -0.493 e. The van der Waals surface area contributed by atoms with Crippen LogP contribution in [0, 0.1) is 5.92 Å². The van der Waals surface area contributed by atoms with E-state index in [2.05, 4.69) is 0 Å². The first-order chi connectivity index (χ1) is 14.5. The van der Waals surface area contributed by atoms with Crippen LogP contribution in [0.5, 0.6) is 17.2 Å². The van der Waals surface area contributed by atoms with Gasteiger partial charge in [-0.1, -0.05) is 36.8 Å².